The Balaban J connectivity index is 2.85. The molecule has 0 fully saturated rings. The van der Waals surface area contributed by atoms with Crippen molar-refractivity contribution in [2.24, 2.45) is 5.73 Å². The Morgan fingerprint density at radius 1 is 1.43 bits per heavy atom. The molecule has 0 aliphatic rings. The molecule has 0 heterocycles. The van der Waals surface area contributed by atoms with Crippen LogP contribution in [0.3, 0.4) is 0 Å². The van der Waals surface area contributed by atoms with Crippen molar-refractivity contribution >= 4 is 17.7 Å². The number of hydrogen-bond acceptors (Lipinski definition) is 2. The summed E-state index contributed by atoms with van der Waals surface area (Å²) >= 11 is 1.52. The van der Waals surface area contributed by atoms with E-state index < -0.39 is 0 Å². The Labute approximate surface area is 88.9 Å². The predicted molar refractivity (Wildman–Crippen MR) is 60.4 cm³/mol. The molecule has 1 atom stereocenters. The summed E-state index contributed by atoms with van der Waals surface area (Å²) in [6.45, 7) is 5.91. The maximum absolute atomic E-state index is 10.9. The maximum atomic E-state index is 10.9. The highest BCUT2D eigenvalue weighted by Crippen LogP contribution is 2.27. The number of aryl methyl sites for hydroxylation is 2. The molecule has 2 nitrogen and oxygen atoms in total. The molecule has 1 aromatic rings. The highest BCUT2D eigenvalue weighted by atomic mass is 32.2. The Morgan fingerprint density at radius 3 is 2.64 bits per heavy atom. The molecule has 1 aromatic carbocycles. The van der Waals surface area contributed by atoms with Crippen molar-refractivity contribution in [3.63, 3.8) is 0 Å². The first-order valence-corrected chi connectivity index (χ1v) is 5.42. The normalized spacial score (nSPS) is 12.5. The number of amides is 1. The summed E-state index contributed by atoms with van der Waals surface area (Å²) in [6.07, 6.45) is 0. The van der Waals surface area contributed by atoms with Gasteiger partial charge in [0.25, 0.3) is 0 Å². The van der Waals surface area contributed by atoms with Crippen LogP contribution in [0.5, 0.6) is 0 Å². The Morgan fingerprint density at radius 2 is 2.07 bits per heavy atom. The van der Waals surface area contributed by atoms with Crippen molar-refractivity contribution in [3.05, 3.63) is 29.3 Å². The number of benzene rings is 1. The minimum Gasteiger partial charge on any atom is -0.369 e. The third kappa shape index (κ3) is 2.77. The van der Waals surface area contributed by atoms with Crippen molar-refractivity contribution < 1.29 is 4.79 Å². The van der Waals surface area contributed by atoms with Crippen molar-refractivity contribution in [1.29, 1.82) is 0 Å². The van der Waals surface area contributed by atoms with Gasteiger partial charge in [-0.2, -0.15) is 0 Å². The highest BCUT2D eigenvalue weighted by Gasteiger charge is 2.11. The van der Waals surface area contributed by atoms with E-state index in [1.54, 1.807) is 0 Å². The van der Waals surface area contributed by atoms with E-state index in [9.17, 15) is 4.79 Å². The molecule has 0 bridgehead atoms. The molecule has 0 radical (unpaired) electrons. The van der Waals surface area contributed by atoms with E-state index in [1.165, 1.54) is 22.9 Å². The molecule has 76 valence electrons. The standard InChI is InChI=1S/C11H15NOS/c1-7-4-5-8(2)10(6-7)14-9(3)11(12)13/h4-6,9H,1-3H3,(H2,12,13)/t9-/m1/s1. The maximum Gasteiger partial charge on any atom is 0.230 e. The minimum atomic E-state index is -0.268. The van der Waals surface area contributed by atoms with Gasteiger partial charge < -0.3 is 5.73 Å². The average molecular weight is 209 g/mol. The van der Waals surface area contributed by atoms with E-state index in [2.05, 4.69) is 18.2 Å². The lowest BCUT2D eigenvalue weighted by Crippen LogP contribution is -2.22. The zero-order chi connectivity index (χ0) is 10.7. The van der Waals surface area contributed by atoms with Crippen molar-refractivity contribution in [2.75, 3.05) is 0 Å². The Hall–Kier alpha value is -0.960. The van der Waals surface area contributed by atoms with Crippen molar-refractivity contribution in [3.8, 4) is 0 Å². The predicted octanol–water partition coefficient (Wildman–Crippen LogP) is 2.27. The van der Waals surface area contributed by atoms with Gasteiger partial charge in [-0.05, 0) is 32.4 Å². The number of carbonyl (C=O) groups excluding carboxylic acids is 1. The third-order valence-corrected chi connectivity index (χ3v) is 3.33. The fraction of sp³-hybridized carbons (Fsp3) is 0.364. The lowest BCUT2D eigenvalue weighted by molar-refractivity contribution is -0.117. The van der Waals surface area contributed by atoms with Crippen molar-refractivity contribution in [2.45, 2.75) is 30.9 Å². The quantitative estimate of drug-likeness (QED) is 0.776. The summed E-state index contributed by atoms with van der Waals surface area (Å²) in [5.74, 6) is -0.268. The first-order valence-electron chi connectivity index (χ1n) is 4.54. The van der Waals surface area contributed by atoms with Crippen LogP contribution >= 0.6 is 11.8 Å². The summed E-state index contributed by atoms with van der Waals surface area (Å²) in [4.78, 5) is 12.0. The lowest BCUT2D eigenvalue weighted by atomic mass is 10.2. The first kappa shape index (κ1) is 11.1. The van der Waals surface area contributed by atoms with Gasteiger partial charge in [0.1, 0.15) is 0 Å². The van der Waals surface area contributed by atoms with Gasteiger partial charge in [-0.15, -0.1) is 11.8 Å². The van der Waals surface area contributed by atoms with E-state index in [-0.39, 0.29) is 11.2 Å². The van der Waals surface area contributed by atoms with Crippen LogP contribution in [-0.2, 0) is 4.79 Å². The second kappa shape index (κ2) is 4.51. The Bertz CT molecular complexity index is 349. The van der Waals surface area contributed by atoms with Crippen LogP contribution in [0.15, 0.2) is 23.1 Å². The molecule has 0 saturated heterocycles. The summed E-state index contributed by atoms with van der Waals surface area (Å²) in [6, 6.07) is 6.21. The second-order valence-corrected chi connectivity index (χ2v) is 4.81. The molecule has 0 aliphatic carbocycles. The molecule has 0 aromatic heterocycles. The number of carbonyl (C=O) groups is 1. The summed E-state index contributed by atoms with van der Waals surface area (Å²) in [7, 11) is 0. The fourth-order valence-corrected chi connectivity index (χ4v) is 2.09. The summed E-state index contributed by atoms with van der Waals surface area (Å²) in [5.41, 5.74) is 7.60. The second-order valence-electron chi connectivity index (χ2n) is 3.43. The zero-order valence-electron chi connectivity index (χ0n) is 8.70. The topological polar surface area (TPSA) is 43.1 Å². The van der Waals surface area contributed by atoms with Gasteiger partial charge in [0.05, 0.1) is 5.25 Å². The monoisotopic (exact) mass is 209 g/mol. The number of nitrogens with two attached hydrogens (primary N) is 1. The SMILES string of the molecule is Cc1ccc(C)c(S[C@H](C)C(N)=O)c1. The molecule has 0 spiro atoms. The van der Waals surface area contributed by atoms with Crippen LogP contribution in [-0.4, -0.2) is 11.2 Å². The third-order valence-electron chi connectivity index (χ3n) is 2.05. The van der Waals surface area contributed by atoms with Crippen LogP contribution in [0.2, 0.25) is 0 Å². The van der Waals surface area contributed by atoms with Crippen molar-refractivity contribution in [1.82, 2.24) is 0 Å². The van der Waals surface area contributed by atoms with Crippen LogP contribution in [0.1, 0.15) is 18.1 Å². The highest BCUT2D eigenvalue weighted by molar-refractivity contribution is 8.00. The molecule has 2 N–H and O–H groups in total. The van der Waals surface area contributed by atoms with E-state index in [1.807, 2.05) is 20.8 Å². The largest absolute Gasteiger partial charge is 0.369 e. The number of thioether (sulfide) groups is 1. The van der Waals surface area contributed by atoms with Crippen LogP contribution in [0.25, 0.3) is 0 Å². The van der Waals surface area contributed by atoms with Gasteiger partial charge in [0.15, 0.2) is 0 Å². The van der Waals surface area contributed by atoms with Crippen LogP contribution in [0.4, 0.5) is 0 Å². The molecule has 1 rings (SSSR count). The van der Waals surface area contributed by atoms with Gasteiger partial charge >= 0.3 is 0 Å². The van der Waals surface area contributed by atoms with Gasteiger partial charge in [-0.1, -0.05) is 17.7 Å². The molecular weight excluding hydrogens is 194 g/mol. The molecule has 0 aliphatic heterocycles. The molecule has 0 saturated carbocycles. The molecule has 1 amide bonds. The fourth-order valence-electron chi connectivity index (χ4n) is 1.08. The van der Waals surface area contributed by atoms with E-state index in [4.69, 9.17) is 5.73 Å². The number of hydrogen-bond donors (Lipinski definition) is 1. The van der Waals surface area contributed by atoms with Gasteiger partial charge in [-0.25, -0.2) is 0 Å². The number of primary amides is 1. The molecule has 3 heteroatoms. The molecule has 0 unspecified atom stereocenters. The first-order chi connectivity index (χ1) is 6.50. The van der Waals surface area contributed by atoms with E-state index in [0.717, 1.165) is 4.90 Å². The summed E-state index contributed by atoms with van der Waals surface area (Å²) < 4.78 is 0. The zero-order valence-corrected chi connectivity index (χ0v) is 9.52. The smallest absolute Gasteiger partial charge is 0.230 e. The van der Waals surface area contributed by atoms with Gasteiger partial charge in [0.2, 0.25) is 5.91 Å². The van der Waals surface area contributed by atoms with Gasteiger partial charge in [0, 0.05) is 4.90 Å². The van der Waals surface area contributed by atoms with E-state index >= 15 is 0 Å². The minimum absolute atomic E-state index is 0.171. The van der Waals surface area contributed by atoms with Gasteiger partial charge in [-0.3, -0.25) is 4.79 Å². The van der Waals surface area contributed by atoms with Crippen LogP contribution < -0.4 is 5.73 Å². The van der Waals surface area contributed by atoms with Crippen LogP contribution in [0, 0.1) is 13.8 Å². The number of rotatable bonds is 3. The molecule has 14 heavy (non-hydrogen) atoms. The lowest BCUT2D eigenvalue weighted by Gasteiger charge is -2.10. The molecular formula is C11H15NOS. The van der Waals surface area contributed by atoms with E-state index in [0.29, 0.717) is 0 Å². The average Bonchev–Trinajstić information content (AvgIpc) is 2.11. The summed E-state index contributed by atoms with van der Waals surface area (Å²) in [5, 5.41) is -0.171. The Kier molecular flexibility index (Phi) is 3.58.